The molecule has 5 N–H and O–H groups in total. The van der Waals surface area contributed by atoms with E-state index >= 15 is 0 Å². The summed E-state index contributed by atoms with van der Waals surface area (Å²) in [6, 6.07) is 6.61. The summed E-state index contributed by atoms with van der Waals surface area (Å²) < 4.78 is 25.7. The molecule has 0 fully saturated rings. The second kappa shape index (κ2) is 6.74. The van der Waals surface area contributed by atoms with Gasteiger partial charge in [-0.15, -0.1) is 0 Å². The molecule has 0 aliphatic rings. The van der Waals surface area contributed by atoms with Crippen molar-refractivity contribution in [1.82, 2.24) is 4.72 Å². The molecule has 100 valence electrons. The standard InChI is InChI=1S/C10H17BN2O4S/c12-10-3-1-2-9(6-10)7-18(16,17)13-8-11(15)4-5-14/h1-3,6,13-15H,4-5,7-8,12H2. The Balaban J connectivity index is 2.54. The molecule has 18 heavy (non-hydrogen) atoms. The molecule has 1 rings (SSSR count). The van der Waals surface area contributed by atoms with Crippen molar-refractivity contribution < 1.29 is 18.5 Å². The van der Waals surface area contributed by atoms with Crippen LogP contribution in [0.1, 0.15) is 5.56 Å². The van der Waals surface area contributed by atoms with Crippen molar-refractivity contribution in [1.29, 1.82) is 0 Å². The predicted molar refractivity (Wildman–Crippen MR) is 71.3 cm³/mol. The van der Waals surface area contributed by atoms with Gasteiger partial charge in [0.25, 0.3) is 0 Å². The van der Waals surface area contributed by atoms with E-state index in [0.717, 1.165) is 0 Å². The van der Waals surface area contributed by atoms with Gasteiger partial charge in [0.05, 0.1) is 5.75 Å². The molecule has 1 aromatic carbocycles. The molecule has 0 aliphatic heterocycles. The van der Waals surface area contributed by atoms with Crippen LogP contribution in [0.3, 0.4) is 0 Å². The summed E-state index contributed by atoms with van der Waals surface area (Å²) in [5.41, 5.74) is 6.64. The lowest BCUT2D eigenvalue weighted by Crippen LogP contribution is -2.36. The average Bonchev–Trinajstić information content (AvgIpc) is 2.26. The van der Waals surface area contributed by atoms with Crippen molar-refractivity contribution in [3.05, 3.63) is 29.8 Å². The number of aliphatic hydroxyl groups is 1. The molecule has 0 amide bonds. The highest BCUT2D eigenvalue weighted by atomic mass is 32.2. The minimum Gasteiger partial charge on any atom is -0.449 e. The highest BCUT2D eigenvalue weighted by Gasteiger charge is 2.16. The maximum Gasteiger partial charge on any atom is 0.306 e. The molecule has 0 unspecified atom stereocenters. The molecule has 0 radical (unpaired) electrons. The van der Waals surface area contributed by atoms with Crippen LogP contribution in [-0.2, 0) is 15.8 Å². The van der Waals surface area contributed by atoms with E-state index in [-0.39, 0.29) is 25.1 Å². The number of nitrogens with one attached hydrogen (secondary N) is 1. The lowest BCUT2D eigenvalue weighted by atomic mass is 9.66. The molecule has 0 saturated heterocycles. The average molecular weight is 272 g/mol. The summed E-state index contributed by atoms with van der Waals surface area (Å²) in [4.78, 5) is 0. The van der Waals surface area contributed by atoms with Gasteiger partial charge in [0.2, 0.25) is 10.0 Å². The van der Waals surface area contributed by atoms with E-state index < -0.39 is 16.9 Å². The van der Waals surface area contributed by atoms with Gasteiger partial charge in [0, 0.05) is 18.7 Å². The zero-order chi connectivity index (χ0) is 13.6. The van der Waals surface area contributed by atoms with E-state index in [4.69, 9.17) is 10.8 Å². The van der Waals surface area contributed by atoms with E-state index in [1.54, 1.807) is 24.3 Å². The van der Waals surface area contributed by atoms with Crippen molar-refractivity contribution in [2.24, 2.45) is 0 Å². The summed E-state index contributed by atoms with van der Waals surface area (Å²) in [6.45, 7) is -1.07. The van der Waals surface area contributed by atoms with Crippen molar-refractivity contribution >= 4 is 22.6 Å². The highest BCUT2D eigenvalue weighted by Crippen LogP contribution is 2.09. The van der Waals surface area contributed by atoms with E-state index in [9.17, 15) is 13.4 Å². The number of sulfonamides is 1. The van der Waals surface area contributed by atoms with Crippen molar-refractivity contribution in [2.45, 2.75) is 12.1 Å². The van der Waals surface area contributed by atoms with Gasteiger partial charge in [0.1, 0.15) is 0 Å². The lowest BCUT2D eigenvalue weighted by Gasteiger charge is -2.08. The zero-order valence-electron chi connectivity index (χ0n) is 9.91. The van der Waals surface area contributed by atoms with Gasteiger partial charge < -0.3 is 15.9 Å². The van der Waals surface area contributed by atoms with Gasteiger partial charge in [-0.05, 0) is 24.0 Å². The van der Waals surface area contributed by atoms with Gasteiger partial charge in [-0.25, -0.2) is 13.1 Å². The minimum atomic E-state index is -3.51. The molecule has 6 nitrogen and oxygen atoms in total. The lowest BCUT2D eigenvalue weighted by molar-refractivity contribution is 0.312. The summed E-state index contributed by atoms with van der Waals surface area (Å²) >= 11 is 0. The monoisotopic (exact) mass is 272 g/mol. The first-order valence-corrected chi connectivity index (χ1v) is 7.19. The number of benzene rings is 1. The fourth-order valence-corrected chi connectivity index (χ4v) is 2.59. The molecule has 0 heterocycles. The van der Waals surface area contributed by atoms with Gasteiger partial charge in [0.15, 0.2) is 0 Å². The van der Waals surface area contributed by atoms with Crippen LogP contribution >= 0.6 is 0 Å². The summed E-state index contributed by atoms with van der Waals surface area (Å²) in [6.07, 6.45) is 0.0337. The first kappa shape index (κ1) is 15.0. The number of rotatable bonds is 7. The maximum atomic E-state index is 11.7. The third-order valence-electron chi connectivity index (χ3n) is 2.31. The van der Waals surface area contributed by atoms with E-state index in [1.165, 1.54) is 0 Å². The maximum absolute atomic E-state index is 11.7. The van der Waals surface area contributed by atoms with Crippen LogP contribution < -0.4 is 10.5 Å². The molecule has 1 aromatic rings. The van der Waals surface area contributed by atoms with E-state index in [0.29, 0.717) is 11.3 Å². The third-order valence-corrected chi connectivity index (χ3v) is 3.63. The Morgan fingerprint density at radius 1 is 1.39 bits per heavy atom. The Morgan fingerprint density at radius 2 is 2.11 bits per heavy atom. The van der Waals surface area contributed by atoms with Gasteiger partial charge in [-0.3, -0.25) is 0 Å². The van der Waals surface area contributed by atoms with Gasteiger partial charge in [-0.1, -0.05) is 12.1 Å². The number of nitrogen functional groups attached to an aromatic ring is 1. The smallest absolute Gasteiger partial charge is 0.306 e. The van der Waals surface area contributed by atoms with Crippen LogP contribution in [-0.4, -0.2) is 38.5 Å². The molecule has 0 saturated carbocycles. The topological polar surface area (TPSA) is 113 Å². The molecule has 8 heteroatoms. The van der Waals surface area contributed by atoms with Crippen molar-refractivity contribution in [3.63, 3.8) is 0 Å². The normalized spacial score (nSPS) is 11.4. The Kier molecular flexibility index (Phi) is 5.61. The second-order valence-corrected chi connectivity index (χ2v) is 5.83. The fraction of sp³-hybridized carbons (Fsp3) is 0.400. The molecule has 0 bridgehead atoms. The fourth-order valence-electron chi connectivity index (χ4n) is 1.43. The first-order chi connectivity index (χ1) is 8.43. The van der Waals surface area contributed by atoms with Gasteiger partial charge >= 0.3 is 6.92 Å². The third kappa shape index (κ3) is 5.50. The van der Waals surface area contributed by atoms with E-state index in [2.05, 4.69) is 4.72 Å². The number of hydrogen-bond acceptors (Lipinski definition) is 5. The Morgan fingerprint density at radius 3 is 2.72 bits per heavy atom. The van der Waals surface area contributed by atoms with E-state index in [1.807, 2.05) is 0 Å². The number of nitrogens with two attached hydrogens (primary N) is 1. The van der Waals surface area contributed by atoms with Crippen LogP contribution in [0.4, 0.5) is 5.69 Å². The number of hydrogen-bond donors (Lipinski definition) is 4. The zero-order valence-corrected chi connectivity index (χ0v) is 10.7. The summed E-state index contributed by atoms with van der Waals surface area (Å²) in [5.74, 6) is -0.191. The summed E-state index contributed by atoms with van der Waals surface area (Å²) in [5, 5.41) is 17.9. The quantitative estimate of drug-likeness (QED) is 0.383. The Hall–Kier alpha value is -1.09. The highest BCUT2D eigenvalue weighted by molar-refractivity contribution is 7.88. The number of aliphatic hydroxyl groups excluding tert-OH is 1. The van der Waals surface area contributed by atoms with Crippen molar-refractivity contribution in [2.75, 3.05) is 18.8 Å². The molecular formula is C10H17BN2O4S. The minimum absolute atomic E-state index is 0.106. The molecular weight excluding hydrogens is 255 g/mol. The Labute approximate surface area is 107 Å². The van der Waals surface area contributed by atoms with Crippen molar-refractivity contribution in [3.8, 4) is 0 Å². The van der Waals surface area contributed by atoms with Crippen LogP contribution in [0.2, 0.25) is 6.32 Å². The summed E-state index contributed by atoms with van der Waals surface area (Å²) in [7, 11) is -3.51. The SMILES string of the molecule is Nc1cccc(CS(=O)(=O)NCB(O)CCO)c1. The van der Waals surface area contributed by atoms with Crippen LogP contribution in [0.5, 0.6) is 0 Å². The first-order valence-electron chi connectivity index (χ1n) is 5.53. The largest absolute Gasteiger partial charge is 0.449 e. The second-order valence-electron chi connectivity index (χ2n) is 4.02. The Bertz CT molecular complexity index is 481. The van der Waals surface area contributed by atoms with Gasteiger partial charge in [-0.2, -0.15) is 0 Å². The molecule has 0 atom stereocenters. The molecule has 0 aliphatic carbocycles. The van der Waals surface area contributed by atoms with Crippen LogP contribution in [0.15, 0.2) is 24.3 Å². The number of anilines is 1. The molecule has 0 aromatic heterocycles. The van der Waals surface area contributed by atoms with Crippen LogP contribution in [0, 0.1) is 0 Å². The predicted octanol–water partition coefficient (Wildman–Crippen LogP) is -0.796. The molecule has 0 spiro atoms. The van der Waals surface area contributed by atoms with Crippen LogP contribution in [0.25, 0.3) is 0 Å².